The molecule has 0 unspecified atom stereocenters. The van der Waals surface area contributed by atoms with Crippen LogP contribution in [0.5, 0.6) is 0 Å². The Balaban J connectivity index is 2.79. The van der Waals surface area contributed by atoms with E-state index in [2.05, 4.69) is 53.1 Å². The number of hydrogen-bond donors (Lipinski definition) is 0. The molecule has 1 fully saturated rings. The Morgan fingerprint density at radius 2 is 1.53 bits per heavy atom. The third kappa shape index (κ3) is 3.25. The maximum Gasteiger partial charge on any atom is 0.0293 e. The molecular weight excluding hydrogens is 182 g/mol. The summed E-state index contributed by atoms with van der Waals surface area (Å²) in [6.07, 6.45) is 3.92. The fourth-order valence-corrected chi connectivity index (χ4v) is 3.37. The van der Waals surface area contributed by atoms with Gasteiger partial charge >= 0.3 is 0 Å². The van der Waals surface area contributed by atoms with Gasteiger partial charge < -0.3 is 4.90 Å². The first-order valence-corrected chi connectivity index (χ1v) is 6.01. The normalized spacial score (nSPS) is 24.9. The van der Waals surface area contributed by atoms with Gasteiger partial charge in [0.2, 0.25) is 0 Å². The van der Waals surface area contributed by atoms with Crippen molar-refractivity contribution in [1.29, 1.82) is 0 Å². The number of allylic oxidation sites excluding steroid dienone is 1. The molecule has 0 amide bonds. The maximum atomic E-state index is 4.05. The highest BCUT2D eigenvalue weighted by Crippen LogP contribution is 2.47. The molecule has 0 radical (unpaired) electrons. The predicted molar refractivity (Wildman–Crippen MR) is 67.8 cm³/mol. The third-order valence-electron chi connectivity index (χ3n) is 3.68. The molecule has 0 aliphatic heterocycles. The first-order chi connectivity index (χ1) is 6.63. The first-order valence-electron chi connectivity index (χ1n) is 6.01. The predicted octanol–water partition coefficient (Wildman–Crippen LogP) is 4.06. The first kappa shape index (κ1) is 12.6. The standard InChI is InChI=1S/C14H27N/c1-11(2)15(7)12-8-13(3,4)10-14(5,6)9-12/h12H,1,8-10H2,2-7H3. The molecule has 15 heavy (non-hydrogen) atoms. The molecule has 1 nitrogen and oxygen atoms in total. The van der Waals surface area contributed by atoms with Crippen LogP contribution in [0, 0.1) is 10.8 Å². The lowest BCUT2D eigenvalue weighted by atomic mass is 9.63. The molecule has 0 N–H and O–H groups in total. The SMILES string of the molecule is C=C(C)N(C)C1CC(C)(C)CC(C)(C)C1. The van der Waals surface area contributed by atoms with Crippen LogP contribution in [0.2, 0.25) is 0 Å². The highest BCUT2D eigenvalue weighted by molar-refractivity contribution is 4.98. The van der Waals surface area contributed by atoms with E-state index in [0.717, 1.165) is 0 Å². The molecule has 88 valence electrons. The van der Waals surface area contributed by atoms with E-state index >= 15 is 0 Å². The van der Waals surface area contributed by atoms with Crippen LogP contribution in [0.15, 0.2) is 12.3 Å². The van der Waals surface area contributed by atoms with Crippen LogP contribution in [0.4, 0.5) is 0 Å². The molecule has 0 saturated heterocycles. The molecule has 1 aliphatic rings. The molecule has 0 bridgehead atoms. The topological polar surface area (TPSA) is 3.24 Å². The average Bonchev–Trinajstić information content (AvgIpc) is 1.96. The second kappa shape index (κ2) is 3.84. The highest BCUT2D eigenvalue weighted by atomic mass is 15.1. The van der Waals surface area contributed by atoms with Gasteiger partial charge in [0.15, 0.2) is 0 Å². The number of rotatable bonds is 2. The minimum absolute atomic E-state index is 0.468. The molecule has 1 heteroatoms. The Morgan fingerprint density at radius 1 is 1.13 bits per heavy atom. The van der Waals surface area contributed by atoms with Gasteiger partial charge in [-0.1, -0.05) is 34.3 Å². The van der Waals surface area contributed by atoms with Gasteiger partial charge in [-0.3, -0.25) is 0 Å². The summed E-state index contributed by atoms with van der Waals surface area (Å²) in [5.74, 6) is 0. The summed E-state index contributed by atoms with van der Waals surface area (Å²) in [5, 5.41) is 0. The average molecular weight is 209 g/mol. The summed E-state index contributed by atoms with van der Waals surface area (Å²) < 4.78 is 0. The highest BCUT2D eigenvalue weighted by Gasteiger charge is 2.39. The van der Waals surface area contributed by atoms with Gasteiger partial charge in [0, 0.05) is 18.8 Å². The van der Waals surface area contributed by atoms with Crippen molar-refractivity contribution in [3.05, 3.63) is 12.3 Å². The molecular formula is C14H27N. The molecule has 0 heterocycles. The van der Waals surface area contributed by atoms with E-state index in [1.165, 1.54) is 25.0 Å². The van der Waals surface area contributed by atoms with E-state index in [1.54, 1.807) is 0 Å². The lowest BCUT2D eigenvalue weighted by Gasteiger charge is -2.48. The van der Waals surface area contributed by atoms with Crippen LogP contribution in [0.3, 0.4) is 0 Å². The van der Waals surface area contributed by atoms with Gasteiger partial charge in [0.1, 0.15) is 0 Å². The summed E-state index contributed by atoms with van der Waals surface area (Å²) >= 11 is 0. The molecule has 0 spiro atoms. The summed E-state index contributed by atoms with van der Waals surface area (Å²) in [5.41, 5.74) is 2.13. The third-order valence-corrected chi connectivity index (χ3v) is 3.68. The Labute approximate surface area is 95.5 Å². The van der Waals surface area contributed by atoms with Gasteiger partial charge in [-0.2, -0.15) is 0 Å². The van der Waals surface area contributed by atoms with Crippen molar-refractivity contribution in [3.63, 3.8) is 0 Å². The molecule has 0 aromatic heterocycles. The van der Waals surface area contributed by atoms with Crippen molar-refractivity contribution in [2.45, 2.75) is 59.9 Å². The van der Waals surface area contributed by atoms with Crippen LogP contribution >= 0.6 is 0 Å². The van der Waals surface area contributed by atoms with Crippen LogP contribution in [-0.4, -0.2) is 18.0 Å². The zero-order chi connectivity index (χ0) is 11.9. The molecule has 1 rings (SSSR count). The molecule has 0 aromatic rings. The van der Waals surface area contributed by atoms with Crippen molar-refractivity contribution in [2.24, 2.45) is 10.8 Å². The summed E-state index contributed by atoms with van der Waals surface area (Å²) in [6, 6.07) is 0.668. The second-order valence-electron chi connectivity index (χ2n) is 6.91. The molecule has 0 aromatic carbocycles. The van der Waals surface area contributed by atoms with Crippen molar-refractivity contribution in [2.75, 3.05) is 7.05 Å². The molecule has 0 atom stereocenters. The van der Waals surface area contributed by atoms with Gasteiger partial charge in [-0.05, 0) is 37.0 Å². The maximum absolute atomic E-state index is 4.05. The minimum Gasteiger partial charge on any atom is -0.376 e. The van der Waals surface area contributed by atoms with Crippen molar-refractivity contribution in [1.82, 2.24) is 4.90 Å². The Kier molecular flexibility index (Phi) is 3.23. The van der Waals surface area contributed by atoms with Crippen molar-refractivity contribution < 1.29 is 0 Å². The van der Waals surface area contributed by atoms with Crippen molar-refractivity contribution in [3.8, 4) is 0 Å². The lowest BCUT2D eigenvalue weighted by Crippen LogP contribution is -2.43. The van der Waals surface area contributed by atoms with Gasteiger partial charge in [0.05, 0.1) is 0 Å². The Bertz CT molecular complexity index is 234. The smallest absolute Gasteiger partial charge is 0.0293 e. The van der Waals surface area contributed by atoms with E-state index in [0.29, 0.717) is 16.9 Å². The zero-order valence-electron chi connectivity index (χ0n) is 11.4. The molecule has 1 saturated carbocycles. The summed E-state index contributed by atoms with van der Waals surface area (Å²) in [6.45, 7) is 15.7. The fourth-order valence-electron chi connectivity index (χ4n) is 3.37. The van der Waals surface area contributed by atoms with Gasteiger partial charge in [-0.25, -0.2) is 0 Å². The van der Waals surface area contributed by atoms with E-state index in [-0.39, 0.29) is 0 Å². The fraction of sp³-hybridized carbons (Fsp3) is 0.857. The van der Waals surface area contributed by atoms with Gasteiger partial charge in [-0.15, -0.1) is 0 Å². The van der Waals surface area contributed by atoms with Gasteiger partial charge in [0.25, 0.3) is 0 Å². The zero-order valence-corrected chi connectivity index (χ0v) is 11.4. The van der Waals surface area contributed by atoms with Crippen molar-refractivity contribution >= 4 is 0 Å². The van der Waals surface area contributed by atoms with E-state index < -0.39 is 0 Å². The van der Waals surface area contributed by atoms with E-state index in [1.807, 2.05) is 0 Å². The summed E-state index contributed by atoms with van der Waals surface area (Å²) in [4.78, 5) is 2.36. The molecule has 1 aliphatic carbocycles. The summed E-state index contributed by atoms with van der Waals surface area (Å²) in [7, 11) is 2.18. The quantitative estimate of drug-likeness (QED) is 0.663. The van der Waals surface area contributed by atoms with Crippen LogP contribution < -0.4 is 0 Å². The largest absolute Gasteiger partial charge is 0.376 e. The Hall–Kier alpha value is -0.460. The number of nitrogens with zero attached hydrogens (tertiary/aromatic N) is 1. The lowest BCUT2D eigenvalue weighted by molar-refractivity contribution is 0.0483. The number of hydrogen-bond acceptors (Lipinski definition) is 1. The minimum atomic E-state index is 0.468. The second-order valence-corrected chi connectivity index (χ2v) is 6.91. The van der Waals surface area contributed by atoms with Crippen LogP contribution in [-0.2, 0) is 0 Å². The monoisotopic (exact) mass is 209 g/mol. The van der Waals surface area contributed by atoms with E-state index in [4.69, 9.17) is 0 Å². The van der Waals surface area contributed by atoms with Crippen LogP contribution in [0.1, 0.15) is 53.9 Å². The van der Waals surface area contributed by atoms with Crippen LogP contribution in [0.25, 0.3) is 0 Å². The van der Waals surface area contributed by atoms with E-state index in [9.17, 15) is 0 Å². The Morgan fingerprint density at radius 3 is 1.87 bits per heavy atom.